The van der Waals surface area contributed by atoms with Gasteiger partial charge in [-0.25, -0.2) is 0 Å². The normalized spacial score (nSPS) is 22.3. The third-order valence-electron chi connectivity index (χ3n) is 3.40. The first-order valence-electron chi connectivity index (χ1n) is 6.23. The van der Waals surface area contributed by atoms with Crippen LogP contribution >= 0.6 is 0 Å². The van der Waals surface area contributed by atoms with Gasteiger partial charge in [0, 0.05) is 6.42 Å². The molecule has 0 amide bonds. The van der Waals surface area contributed by atoms with E-state index in [1.54, 1.807) is 0 Å². The minimum atomic E-state index is 0.829. The summed E-state index contributed by atoms with van der Waals surface area (Å²) in [6.07, 6.45) is 6.91. The summed E-state index contributed by atoms with van der Waals surface area (Å²) in [5.74, 6) is 0. The molecule has 1 heteroatoms. The van der Waals surface area contributed by atoms with Gasteiger partial charge in [0.15, 0.2) is 0 Å². The molecule has 0 aliphatic carbocycles. The quantitative estimate of drug-likeness (QED) is 0.759. The Kier molecular flexibility index (Phi) is 3.79. The van der Waals surface area contributed by atoms with Gasteiger partial charge in [-0.3, -0.25) is 0 Å². The lowest BCUT2D eigenvalue weighted by atomic mass is 10.0. The first-order valence-corrected chi connectivity index (χ1v) is 6.23. The van der Waals surface area contributed by atoms with E-state index in [0.29, 0.717) is 0 Å². The molecule has 2 rings (SSSR count). The van der Waals surface area contributed by atoms with Gasteiger partial charge in [-0.1, -0.05) is 29.8 Å². The van der Waals surface area contributed by atoms with Gasteiger partial charge in [0.2, 0.25) is 0 Å². The van der Waals surface area contributed by atoms with Crippen LogP contribution in [0, 0.1) is 6.92 Å². The Balaban J connectivity index is 1.92. The number of nitrogens with two attached hydrogens (primary N) is 1. The third-order valence-corrected chi connectivity index (χ3v) is 3.40. The monoisotopic (exact) mass is 204 g/mol. The zero-order valence-corrected chi connectivity index (χ0v) is 9.71. The van der Waals surface area contributed by atoms with Crippen molar-refractivity contribution in [3.63, 3.8) is 0 Å². The summed E-state index contributed by atoms with van der Waals surface area (Å²) in [5.41, 5.74) is 2.87. The van der Waals surface area contributed by atoms with Crippen LogP contribution in [0.15, 0.2) is 24.3 Å². The zero-order valence-electron chi connectivity index (χ0n) is 9.71. The van der Waals surface area contributed by atoms with E-state index < -0.39 is 0 Å². The van der Waals surface area contributed by atoms with Crippen molar-refractivity contribution in [2.75, 3.05) is 6.54 Å². The van der Waals surface area contributed by atoms with Crippen LogP contribution in [0.25, 0.3) is 0 Å². The Morgan fingerprint density at radius 1 is 1.13 bits per heavy atom. The Hall–Kier alpha value is -0.820. The van der Waals surface area contributed by atoms with E-state index in [1.807, 2.05) is 0 Å². The number of benzene rings is 1. The van der Waals surface area contributed by atoms with E-state index in [-0.39, 0.29) is 0 Å². The molecular weight excluding hydrogens is 182 g/mol. The number of quaternary nitrogens is 1. The van der Waals surface area contributed by atoms with Crippen LogP contribution in [-0.4, -0.2) is 12.6 Å². The van der Waals surface area contributed by atoms with Crippen molar-refractivity contribution in [3.8, 4) is 0 Å². The fraction of sp³-hybridized carbons (Fsp3) is 0.571. The van der Waals surface area contributed by atoms with E-state index in [0.717, 1.165) is 6.04 Å². The second-order valence-corrected chi connectivity index (χ2v) is 4.82. The number of aryl methyl sites for hydroxylation is 1. The summed E-state index contributed by atoms with van der Waals surface area (Å²) in [6.45, 7) is 3.48. The Bertz CT molecular complexity index is 281. The molecule has 0 aromatic heterocycles. The molecule has 1 aliphatic heterocycles. The highest BCUT2D eigenvalue weighted by Crippen LogP contribution is 2.10. The molecule has 1 atom stereocenters. The number of rotatable bonds is 2. The first-order chi connectivity index (χ1) is 7.34. The molecular formula is C14H22N+. The molecule has 15 heavy (non-hydrogen) atoms. The van der Waals surface area contributed by atoms with Crippen LogP contribution in [0.3, 0.4) is 0 Å². The van der Waals surface area contributed by atoms with Gasteiger partial charge in [-0.05, 0) is 38.2 Å². The summed E-state index contributed by atoms with van der Waals surface area (Å²) in [4.78, 5) is 0. The highest BCUT2D eigenvalue weighted by molar-refractivity contribution is 5.21. The minimum absolute atomic E-state index is 0.829. The Labute approximate surface area is 92.9 Å². The molecule has 0 saturated carbocycles. The van der Waals surface area contributed by atoms with Crippen LogP contribution in [0.5, 0.6) is 0 Å². The van der Waals surface area contributed by atoms with Gasteiger partial charge in [0.1, 0.15) is 0 Å². The van der Waals surface area contributed by atoms with E-state index in [2.05, 4.69) is 36.5 Å². The number of hydrogen-bond donors (Lipinski definition) is 1. The lowest BCUT2D eigenvalue weighted by molar-refractivity contribution is -0.687. The second kappa shape index (κ2) is 5.32. The predicted molar refractivity (Wildman–Crippen MR) is 63.9 cm³/mol. The van der Waals surface area contributed by atoms with Crippen molar-refractivity contribution in [2.24, 2.45) is 0 Å². The van der Waals surface area contributed by atoms with Crippen molar-refractivity contribution < 1.29 is 5.32 Å². The SMILES string of the molecule is Cc1ccc(C[C@H]2CCCCC[NH2+]2)cc1. The van der Waals surface area contributed by atoms with Crippen LogP contribution < -0.4 is 5.32 Å². The highest BCUT2D eigenvalue weighted by Gasteiger charge is 2.14. The largest absolute Gasteiger partial charge is 0.344 e. The lowest BCUT2D eigenvalue weighted by Crippen LogP contribution is -2.90. The summed E-state index contributed by atoms with van der Waals surface area (Å²) >= 11 is 0. The van der Waals surface area contributed by atoms with E-state index in [9.17, 15) is 0 Å². The molecule has 1 aromatic carbocycles. The molecule has 0 spiro atoms. The molecule has 1 heterocycles. The fourth-order valence-corrected chi connectivity index (χ4v) is 2.41. The first kappa shape index (κ1) is 10.7. The molecule has 1 aromatic rings. The summed E-state index contributed by atoms with van der Waals surface area (Å²) in [5, 5.41) is 2.55. The lowest BCUT2D eigenvalue weighted by Gasteiger charge is -2.12. The smallest absolute Gasteiger partial charge is 0.0899 e. The standard InChI is InChI=1S/C14H21N/c1-12-6-8-13(9-7-12)11-14-5-3-2-4-10-15-14/h6-9,14-15H,2-5,10-11H2,1H3/p+1/t14-/m1/s1. The fourth-order valence-electron chi connectivity index (χ4n) is 2.41. The highest BCUT2D eigenvalue weighted by atomic mass is 14.9. The Morgan fingerprint density at radius 2 is 1.93 bits per heavy atom. The van der Waals surface area contributed by atoms with Crippen molar-refractivity contribution in [3.05, 3.63) is 35.4 Å². The maximum absolute atomic E-state index is 2.55. The van der Waals surface area contributed by atoms with Crippen molar-refractivity contribution >= 4 is 0 Å². The van der Waals surface area contributed by atoms with Gasteiger partial charge >= 0.3 is 0 Å². The van der Waals surface area contributed by atoms with E-state index in [1.165, 1.54) is 49.8 Å². The van der Waals surface area contributed by atoms with Gasteiger partial charge < -0.3 is 5.32 Å². The molecule has 82 valence electrons. The summed E-state index contributed by atoms with van der Waals surface area (Å²) < 4.78 is 0. The molecule has 1 nitrogen and oxygen atoms in total. The van der Waals surface area contributed by atoms with Gasteiger partial charge in [0.05, 0.1) is 12.6 Å². The van der Waals surface area contributed by atoms with Gasteiger partial charge in [-0.15, -0.1) is 0 Å². The molecule has 1 saturated heterocycles. The topological polar surface area (TPSA) is 16.6 Å². The van der Waals surface area contributed by atoms with Gasteiger partial charge in [-0.2, -0.15) is 0 Å². The average molecular weight is 204 g/mol. The molecule has 0 bridgehead atoms. The zero-order chi connectivity index (χ0) is 10.5. The second-order valence-electron chi connectivity index (χ2n) is 4.82. The van der Waals surface area contributed by atoms with Crippen molar-refractivity contribution in [1.82, 2.24) is 0 Å². The molecule has 0 radical (unpaired) electrons. The molecule has 1 fully saturated rings. The Morgan fingerprint density at radius 3 is 2.73 bits per heavy atom. The third kappa shape index (κ3) is 3.35. The minimum Gasteiger partial charge on any atom is -0.344 e. The maximum atomic E-state index is 2.55. The molecule has 0 unspecified atom stereocenters. The van der Waals surface area contributed by atoms with Crippen LogP contribution in [0.1, 0.15) is 36.8 Å². The molecule has 2 N–H and O–H groups in total. The average Bonchev–Trinajstić information content (AvgIpc) is 2.50. The van der Waals surface area contributed by atoms with Crippen LogP contribution in [-0.2, 0) is 6.42 Å². The van der Waals surface area contributed by atoms with E-state index >= 15 is 0 Å². The van der Waals surface area contributed by atoms with Crippen molar-refractivity contribution in [1.29, 1.82) is 0 Å². The predicted octanol–water partition coefficient (Wildman–Crippen LogP) is 2.04. The van der Waals surface area contributed by atoms with Crippen LogP contribution in [0.2, 0.25) is 0 Å². The maximum Gasteiger partial charge on any atom is 0.0899 e. The van der Waals surface area contributed by atoms with E-state index in [4.69, 9.17) is 0 Å². The van der Waals surface area contributed by atoms with Crippen LogP contribution in [0.4, 0.5) is 0 Å². The van der Waals surface area contributed by atoms with Crippen molar-refractivity contribution in [2.45, 2.75) is 45.1 Å². The molecule has 1 aliphatic rings. The summed E-state index contributed by atoms with van der Waals surface area (Å²) in [6, 6.07) is 9.86. The summed E-state index contributed by atoms with van der Waals surface area (Å²) in [7, 11) is 0. The number of hydrogen-bond acceptors (Lipinski definition) is 0. The van der Waals surface area contributed by atoms with Gasteiger partial charge in [0.25, 0.3) is 0 Å².